The fourth-order valence-electron chi connectivity index (χ4n) is 2.92. The number of anilines is 1. The van der Waals surface area contributed by atoms with E-state index in [1.807, 2.05) is 6.92 Å². The van der Waals surface area contributed by atoms with Gasteiger partial charge in [0.1, 0.15) is 0 Å². The molecule has 1 aromatic heterocycles. The first kappa shape index (κ1) is 18.2. The number of H-pyrrole nitrogens is 1. The van der Waals surface area contributed by atoms with Crippen LogP contribution in [-0.2, 0) is 9.53 Å². The molecule has 2 atom stereocenters. The lowest BCUT2D eigenvalue weighted by molar-refractivity contribution is -0.115. The van der Waals surface area contributed by atoms with Crippen molar-refractivity contribution in [3.8, 4) is 0 Å². The molecule has 7 nitrogen and oxygen atoms in total. The Morgan fingerprint density at radius 3 is 2.82 bits per heavy atom. The molecule has 2 aromatic carbocycles. The van der Waals surface area contributed by atoms with Gasteiger partial charge in [-0.3, -0.25) is 9.59 Å². The molecule has 0 saturated heterocycles. The van der Waals surface area contributed by atoms with Crippen LogP contribution in [-0.4, -0.2) is 27.1 Å². The van der Waals surface area contributed by atoms with E-state index < -0.39 is 12.1 Å². The summed E-state index contributed by atoms with van der Waals surface area (Å²) in [5, 5.41) is 3.08. The van der Waals surface area contributed by atoms with Gasteiger partial charge in [0.15, 0.2) is 11.9 Å². The first-order chi connectivity index (χ1) is 13.4. The SMILES string of the molecule is CC1Sc2ccc(C(=O)OC(C)c3nc4ccccc4c(=O)[nH]3)cc2NC1=O. The summed E-state index contributed by atoms with van der Waals surface area (Å²) in [5.74, 6) is -0.397. The minimum absolute atomic E-state index is 0.102. The summed E-state index contributed by atoms with van der Waals surface area (Å²) in [5.41, 5.74) is 1.15. The van der Waals surface area contributed by atoms with Crippen LogP contribution >= 0.6 is 11.8 Å². The number of carbonyl (C=O) groups excluding carboxylic acids is 2. The Balaban J connectivity index is 1.56. The molecule has 4 rings (SSSR count). The third-order valence-electron chi connectivity index (χ3n) is 4.45. The van der Waals surface area contributed by atoms with Gasteiger partial charge >= 0.3 is 5.97 Å². The van der Waals surface area contributed by atoms with Crippen LogP contribution in [0.4, 0.5) is 5.69 Å². The van der Waals surface area contributed by atoms with Crippen LogP contribution in [0.2, 0.25) is 0 Å². The Labute approximate surface area is 164 Å². The van der Waals surface area contributed by atoms with Crippen molar-refractivity contribution >= 4 is 40.2 Å². The third kappa shape index (κ3) is 3.38. The number of benzene rings is 2. The molecular weight excluding hydrogens is 378 g/mol. The van der Waals surface area contributed by atoms with Crippen molar-refractivity contribution in [3.05, 3.63) is 64.2 Å². The Kier molecular flexibility index (Phi) is 4.64. The van der Waals surface area contributed by atoms with Gasteiger partial charge in [-0.05, 0) is 44.2 Å². The fraction of sp³-hybridized carbons (Fsp3) is 0.200. The number of thioether (sulfide) groups is 1. The third-order valence-corrected chi connectivity index (χ3v) is 5.62. The fourth-order valence-corrected chi connectivity index (χ4v) is 3.85. The molecule has 142 valence electrons. The van der Waals surface area contributed by atoms with E-state index in [1.54, 1.807) is 49.4 Å². The van der Waals surface area contributed by atoms with E-state index in [4.69, 9.17) is 4.74 Å². The van der Waals surface area contributed by atoms with Crippen molar-refractivity contribution in [2.24, 2.45) is 0 Å². The lowest BCUT2D eigenvalue weighted by atomic mass is 10.2. The molecule has 0 radical (unpaired) electrons. The highest BCUT2D eigenvalue weighted by Crippen LogP contribution is 2.36. The van der Waals surface area contributed by atoms with Crippen LogP contribution in [0.25, 0.3) is 10.9 Å². The molecule has 0 bridgehead atoms. The number of esters is 1. The first-order valence-corrected chi connectivity index (χ1v) is 9.62. The van der Waals surface area contributed by atoms with E-state index in [-0.39, 0.29) is 22.5 Å². The maximum absolute atomic E-state index is 12.5. The minimum atomic E-state index is -0.746. The molecule has 1 aliphatic rings. The van der Waals surface area contributed by atoms with Crippen LogP contribution in [0, 0.1) is 0 Å². The van der Waals surface area contributed by atoms with Crippen molar-refractivity contribution in [2.45, 2.75) is 30.1 Å². The Morgan fingerprint density at radius 1 is 1.21 bits per heavy atom. The van der Waals surface area contributed by atoms with Crippen molar-refractivity contribution in [3.63, 3.8) is 0 Å². The highest BCUT2D eigenvalue weighted by atomic mass is 32.2. The Hall–Kier alpha value is -3.13. The number of rotatable bonds is 3. The smallest absolute Gasteiger partial charge is 0.338 e. The van der Waals surface area contributed by atoms with E-state index in [0.29, 0.717) is 22.2 Å². The van der Waals surface area contributed by atoms with Gasteiger partial charge in [-0.15, -0.1) is 11.8 Å². The van der Waals surface area contributed by atoms with Crippen LogP contribution in [0.1, 0.15) is 36.1 Å². The van der Waals surface area contributed by atoms with Crippen molar-refractivity contribution in [2.75, 3.05) is 5.32 Å². The molecular formula is C20H17N3O4S. The topological polar surface area (TPSA) is 101 Å². The molecule has 0 saturated carbocycles. The highest BCUT2D eigenvalue weighted by molar-refractivity contribution is 8.00. The normalized spacial score (nSPS) is 16.9. The van der Waals surface area contributed by atoms with Gasteiger partial charge in [0, 0.05) is 4.90 Å². The standard InChI is InChI=1S/C20H17N3O4S/c1-10(17-21-14-6-4-3-5-13(14)19(25)23-17)27-20(26)12-7-8-16-15(9-12)22-18(24)11(2)28-16/h3-11H,1-2H3,(H,22,24)(H,21,23,25). The average Bonchev–Trinajstić information content (AvgIpc) is 2.68. The molecule has 0 fully saturated rings. The van der Waals surface area contributed by atoms with Crippen molar-refractivity contribution in [1.82, 2.24) is 9.97 Å². The van der Waals surface area contributed by atoms with Gasteiger partial charge < -0.3 is 15.0 Å². The number of hydrogen-bond acceptors (Lipinski definition) is 6. The molecule has 1 aliphatic heterocycles. The maximum Gasteiger partial charge on any atom is 0.338 e. The van der Waals surface area contributed by atoms with Gasteiger partial charge in [0.2, 0.25) is 5.91 Å². The predicted octanol–water partition coefficient (Wildman–Crippen LogP) is 3.27. The average molecular weight is 395 g/mol. The second-order valence-electron chi connectivity index (χ2n) is 6.48. The number of hydrogen-bond donors (Lipinski definition) is 2. The summed E-state index contributed by atoms with van der Waals surface area (Å²) in [4.78, 5) is 44.5. The number of carbonyl (C=O) groups is 2. The van der Waals surface area contributed by atoms with E-state index in [9.17, 15) is 14.4 Å². The Bertz CT molecular complexity index is 1160. The number of aromatic nitrogens is 2. The largest absolute Gasteiger partial charge is 0.451 e. The minimum Gasteiger partial charge on any atom is -0.451 e. The van der Waals surface area contributed by atoms with E-state index in [1.165, 1.54) is 11.8 Å². The van der Waals surface area contributed by atoms with Gasteiger partial charge in [0.05, 0.1) is 27.4 Å². The molecule has 2 unspecified atom stereocenters. The molecule has 2 N–H and O–H groups in total. The Morgan fingerprint density at radius 2 is 2.00 bits per heavy atom. The molecule has 3 aromatic rings. The van der Waals surface area contributed by atoms with Crippen molar-refractivity contribution < 1.29 is 14.3 Å². The van der Waals surface area contributed by atoms with Crippen molar-refractivity contribution in [1.29, 1.82) is 0 Å². The van der Waals surface area contributed by atoms with E-state index in [2.05, 4.69) is 15.3 Å². The maximum atomic E-state index is 12.5. The highest BCUT2D eigenvalue weighted by Gasteiger charge is 2.24. The van der Waals surface area contributed by atoms with Gasteiger partial charge in [0.25, 0.3) is 5.56 Å². The monoisotopic (exact) mass is 395 g/mol. The summed E-state index contributed by atoms with van der Waals surface area (Å²) >= 11 is 1.44. The van der Waals surface area contributed by atoms with Crippen LogP contribution in [0.5, 0.6) is 0 Å². The number of ether oxygens (including phenoxy) is 1. The zero-order valence-corrected chi connectivity index (χ0v) is 16.0. The quantitative estimate of drug-likeness (QED) is 0.660. The molecule has 2 heterocycles. The zero-order chi connectivity index (χ0) is 19.8. The molecule has 8 heteroatoms. The van der Waals surface area contributed by atoms with E-state index >= 15 is 0 Å². The van der Waals surface area contributed by atoms with E-state index in [0.717, 1.165) is 4.90 Å². The number of fused-ring (bicyclic) bond motifs is 2. The summed E-state index contributed by atoms with van der Waals surface area (Å²) in [6.07, 6.45) is -0.746. The second-order valence-corrected chi connectivity index (χ2v) is 7.86. The number of aromatic amines is 1. The summed E-state index contributed by atoms with van der Waals surface area (Å²) < 4.78 is 5.47. The van der Waals surface area contributed by atoms with Gasteiger partial charge in [-0.25, -0.2) is 9.78 Å². The molecule has 0 spiro atoms. The van der Waals surface area contributed by atoms with Crippen LogP contribution < -0.4 is 10.9 Å². The summed E-state index contributed by atoms with van der Waals surface area (Å²) in [6, 6.07) is 12.0. The number of para-hydroxylation sites is 1. The lowest BCUT2D eigenvalue weighted by Crippen LogP contribution is -2.26. The number of nitrogens with zero attached hydrogens (tertiary/aromatic N) is 1. The molecule has 28 heavy (non-hydrogen) atoms. The molecule has 0 aliphatic carbocycles. The van der Waals surface area contributed by atoms with Crippen LogP contribution in [0.3, 0.4) is 0 Å². The predicted molar refractivity (Wildman–Crippen MR) is 107 cm³/mol. The lowest BCUT2D eigenvalue weighted by Gasteiger charge is -2.21. The zero-order valence-electron chi connectivity index (χ0n) is 15.2. The summed E-state index contributed by atoms with van der Waals surface area (Å²) in [6.45, 7) is 3.47. The first-order valence-electron chi connectivity index (χ1n) is 8.74. The number of nitrogens with one attached hydrogen (secondary N) is 2. The van der Waals surface area contributed by atoms with Gasteiger partial charge in [-0.1, -0.05) is 12.1 Å². The van der Waals surface area contributed by atoms with Gasteiger partial charge in [-0.2, -0.15) is 0 Å². The van der Waals surface area contributed by atoms with Crippen LogP contribution in [0.15, 0.2) is 52.2 Å². The second kappa shape index (κ2) is 7.12. The summed E-state index contributed by atoms with van der Waals surface area (Å²) in [7, 11) is 0. The molecule has 1 amide bonds. The number of amides is 1.